The molecule has 1 atom stereocenters. The minimum Gasteiger partial charge on any atom is -0.326 e. The first-order valence-corrected chi connectivity index (χ1v) is 9.86. The summed E-state index contributed by atoms with van der Waals surface area (Å²) in [5.41, 5.74) is 0. The van der Waals surface area contributed by atoms with Crippen LogP contribution in [0.25, 0.3) is 0 Å². The molecule has 0 heterocycles. The fraction of sp³-hybridized carbons (Fsp3) is 0.500. The van der Waals surface area contributed by atoms with Gasteiger partial charge in [0, 0.05) is 6.07 Å². The number of rotatable bonds is 7. The van der Waals surface area contributed by atoms with Crippen LogP contribution in [0.15, 0.2) is 18.2 Å². The summed E-state index contributed by atoms with van der Waals surface area (Å²) in [6.45, 7) is -1.32. The highest BCUT2D eigenvalue weighted by molar-refractivity contribution is 8.13. The van der Waals surface area contributed by atoms with Crippen molar-refractivity contribution in [3.05, 3.63) is 29.8 Å². The predicted molar refractivity (Wildman–Crippen MR) is 87.4 cm³/mol. The third-order valence-corrected chi connectivity index (χ3v) is 5.86. The minimum atomic E-state index is -3.22. The standard InChI is InChI=1S/C12H14Cl3F2O2PS/c1-2-3-6-18-20(21,19-8-12(13,14)15)11-5-4-9(16)7-10(11)17/h4-5,7H,2-3,6,8H2,1H3. The molecular formula is C12H14Cl3F2O2PS. The van der Waals surface area contributed by atoms with Crippen LogP contribution in [-0.4, -0.2) is 17.0 Å². The van der Waals surface area contributed by atoms with E-state index in [1.54, 1.807) is 0 Å². The Balaban J connectivity index is 3.02. The van der Waals surface area contributed by atoms with Crippen LogP contribution in [0.1, 0.15) is 19.8 Å². The first-order valence-electron chi connectivity index (χ1n) is 6.09. The molecule has 0 N–H and O–H groups in total. The van der Waals surface area contributed by atoms with Crippen molar-refractivity contribution in [3.63, 3.8) is 0 Å². The lowest BCUT2D eigenvalue weighted by molar-refractivity contribution is 0.254. The van der Waals surface area contributed by atoms with E-state index in [2.05, 4.69) is 0 Å². The Morgan fingerprint density at radius 2 is 1.90 bits per heavy atom. The van der Waals surface area contributed by atoms with Crippen molar-refractivity contribution in [2.24, 2.45) is 0 Å². The monoisotopic (exact) mass is 396 g/mol. The van der Waals surface area contributed by atoms with E-state index in [-0.39, 0.29) is 18.5 Å². The molecule has 0 bridgehead atoms. The summed E-state index contributed by atoms with van der Waals surface area (Å²) < 4.78 is 36.2. The Labute approximate surface area is 142 Å². The van der Waals surface area contributed by atoms with Gasteiger partial charge in [-0.25, -0.2) is 8.78 Å². The lowest BCUT2D eigenvalue weighted by atomic mass is 10.3. The van der Waals surface area contributed by atoms with E-state index in [9.17, 15) is 8.78 Å². The average molecular weight is 398 g/mol. The Hall–Kier alpha value is 0.520. The maximum atomic E-state index is 13.9. The van der Waals surface area contributed by atoms with Crippen LogP contribution in [0.2, 0.25) is 0 Å². The van der Waals surface area contributed by atoms with Gasteiger partial charge in [-0.1, -0.05) is 48.1 Å². The number of halogens is 5. The van der Waals surface area contributed by atoms with Crippen LogP contribution in [0.5, 0.6) is 0 Å². The van der Waals surface area contributed by atoms with Gasteiger partial charge < -0.3 is 9.05 Å². The molecule has 2 nitrogen and oxygen atoms in total. The third kappa shape index (κ3) is 6.66. The minimum absolute atomic E-state index is 0.0238. The van der Waals surface area contributed by atoms with Crippen LogP contribution >= 0.6 is 41.3 Å². The van der Waals surface area contributed by atoms with Crippen molar-refractivity contribution in [2.45, 2.75) is 23.6 Å². The Bertz CT molecular complexity index is 526. The molecule has 9 heteroatoms. The van der Waals surface area contributed by atoms with E-state index in [0.717, 1.165) is 25.0 Å². The highest BCUT2D eigenvalue weighted by atomic mass is 35.6. The van der Waals surface area contributed by atoms with Crippen LogP contribution in [0.4, 0.5) is 8.78 Å². The smallest absolute Gasteiger partial charge is 0.222 e. The lowest BCUT2D eigenvalue weighted by Gasteiger charge is -2.25. The SMILES string of the molecule is CCCCOP(=S)(OCC(Cl)(Cl)Cl)c1ccc(F)cc1F. The van der Waals surface area contributed by atoms with Gasteiger partial charge in [-0.15, -0.1) is 0 Å². The molecule has 1 rings (SSSR count). The summed E-state index contributed by atoms with van der Waals surface area (Å²) in [6, 6.07) is 3.01. The molecule has 0 aliphatic heterocycles. The van der Waals surface area contributed by atoms with Gasteiger partial charge in [0.25, 0.3) is 0 Å². The average Bonchev–Trinajstić information content (AvgIpc) is 2.36. The molecule has 0 amide bonds. The van der Waals surface area contributed by atoms with E-state index in [1.165, 1.54) is 6.07 Å². The molecular weight excluding hydrogens is 384 g/mol. The number of unbranched alkanes of at least 4 members (excludes halogenated alkanes) is 1. The van der Waals surface area contributed by atoms with E-state index >= 15 is 0 Å². The quantitative estimate of drug-likeness (QED) is 0.362. The van der Waals surface area contributed by atoms with E-state index in [4.69, 9.17) is 55.7 Å². The number of hydrogen-bond donors (Lipinski definition) is 0. The Kier molecular flexibility index (Phi) is 7.82. The van der Waals surface area contributed by atoms with Gasteiger partial charge in [0.1, 0.15) is 18.2 Å². The second-order valence-electron chi connectivity index (χ2n) is 4.17. The Morgan fingerprint density at radius 3 is 2.43 bits per heavy atom. The van der Waals surface area contributed by atoms with Crippen molar-refractivity contribution in [1.82, 2.24) is 0 Å². The van der Waals surface area contributed by atoms with Gasteiger partial charge in [-0.05, 0) is 30.4 Å². The summed E-state index contributed by atoms with van der Waals surface area (Å²) in [5, 5.41) is -0.0238. The maximum Gasteiger partial charge on any atom is 0.222 e. The van der Waals surface area contributed by atoms with E-state index in [0.29, 0.717) is 0 Å². The van der Waals surface area contributed by atoms with Gasteiger partial charge in [-0.2, -0.15) is 0 Å². The zero-order valence-corrected chi connectivity index (χ0v) is 15.1. The van der Waals surface area contributed by atoms with Gasteiger partial charge in [0.2, 0.25) is 10.3 Å². The fourth-order valence-corrected chi connectivity index (χ4v) is 4.25. The summed E-state index contributed by atoms with van der Waals surface area (Å²) in [7, 11) is 0. The fourth-order valence-electron chi connectivity index (χ4n) is 1.37. The van der Waals surface area contributed by atoms with Crippen molar-refractivity contribution in [3.8, 4) is 0 Å². The van der Waals surface area contributed by atoms with Crippen molar-refractivity contribution >= 4 is 58.4 Å². The molecule has 1 aromatic carbocycles. The topological polar surface area (TPSA) is 18.5 Å². The van der Waals surface area contributed by atoms with Crippen molar-refractivity contribution < 1.29 is 17.8 Å². The molecule has 0 fully saturated rings. The molecule has 0 aliphatic rings. The first kappa shape index (κ1) is 19.6. The highest BCUT2D eigenvalue weighted by Gasteiger charge is 2.30. The van der Waals surface area contributed by atoms with Crippen molar-refractivity contribution in [2.75, 3.05) is 13.2 Å². The molecule has 0 aromatic heterocycles. The van der Waals surface area contributed by atoms with Gasteiger partial charge in [0.15, 0.2) is 0 Å². The summed E-state index contributed by atoms with van der Waals surface area (Å²) in [5.74, 6) is -1.55. The summed E-state index contributed by atoms with van der Waals surface area (Å²) >= 11 is 22.2. The van der Waals surface area contributed by atoms with Crippen molar-refractivity contribution in [1.29, 1.82) is 0 Å². The zero-order valence-electron chi connectivity index (χ0n) is 11.1. The number of alkyl halides is 3. The third-order valence-electron chi connectivity index (χ3n) is 2.36. The normalized spacial score (nSPS) is 15.0. The molecule has 0 spiro atoms. The number of hydrogen-bond acceptors (Lipinski definition) is 3. The molecule has 0 aliphatic carbocycles. The first-order chi connectivity index (χ1) is 9.68. The zero-order chi connectivity index (χ0) is 16.1. The molecule has 1 unspecified atom stereocenters. The molecule has 1 aromatic rings. The summed E-state index contributed by atoms with van der Waals surface area (Å²) in [6.07, 6.45) is 1.59. The van der Waals surface area contributed by atoms with E-state index in [1.807, 2.05) is 6.92 Å². The van der Waals surface area contributed by atoms with Gasteiger partial charge >= 0.3 is 0 Å². The van der Waals surface area contributed by atoms with Crippen LogP contribution in [0, 0.1) is 11.6 Å². The number of benzene rings is 1. The second kappa shape index (κ2) is 8.39. The maximum absolute atomic E-state index is 13.9. The van der Waals surface area contributed by atoms with E-state index < -0.39 is 21.9 Å². The van der Waals surface area contributed by atoms with Gasteiger partial charge in [0.05, 0.1) is 11.9 Å². The van der Waals surface area contributed by atoms with Crippen LogP contribution in [0.3, 0.4) is 0 Å². The molecule has 21 heavy (non-hydrogen) atoms. The Morgan fingerprint density at radius 1 is 1.24 bits per heavy atom. The van der Waals surface area contributed by atoms with Crippen LogP contribution in [-0.2, 0) is 20.9 Å². The predicted octanol–water partition coefficient (Wildman–Crippen LogP) is 5.10. The highest BCUT2D eigenvalue weighted by Crippen LogP contribution is 2.50. The van der Waals surface area contributed by atoms with Crippen LogP contribution < -0.4 is 5.30 Å². The molecule has 120 valence electrons. The summed E-state index contributed by atoms with van der Waals surface area (Å²) in [4.78, 5) is 0. The molecule has 0 saturated carbocycles. The lowest BCUT2D eigenvalue weighted by Crippen LogP contribution is -2.20. The van der Waals surface area contributed by atoms with Gasteiger partial charge in [-0.3, -0.25) is 0 Å². The second-order valence-corrected chi connectivity index (χ2v) is 10.1. The largest absolute Gasteiger partial charge is 0.326 e. The molecule has 0 radical (unpaired) electrons. The molecule has 0 saturated heterocycles.